The van der Waals surface area contributed by atoms with E-state index in [9.17, 15) is 18.0 Å². The lowest BCUT2D eigenvalue weighted by Crippen LogP contribution is -2.52. The number of hydrogen-bond donors (Lipinski definition) is 1. The minimum absolute atomic E-state index is 0.000877. The zero-order chi connectivity index (χ0) is 29.3. The molecule has 0 fully saturated rings. The van der Waals surface area contributed by atoms with Gasteiger partial charge in [0.25, 0.3) is 10.0 Å². The summed E-state index contributed by atoms with van der Waals surface area (Å²) in [7, 11) is -4.11. The number of aryl methyl sites for hydroxylation is 1. The summed E-state index contributed by atoms with van der Waals surface area (Å²) in [5.74, 6) is -0.851. The summed E-state index contributed by atoms with van der Waals surface area (Å²) in [5.41, 5.74) is 1.97. The van der Waals surface area contributed by atoms with Gasteiger partial charge in [-0.05, 0) is 66.8 Å². The number of halogens is 2. The Labute approximate surface area is 247 Å². The molecule has 1 unspecified atom stereocenters. The fourth-order valence-electron chi connectivity index (χ4n) is 4.27. The monoisotopic (exact) mass is 603 g/mol. The summed E-state index contributed by atoms with van der Waals surface area (Å²) in [6.45, 7) is 5.70. The summed E-state index contributed by atoms with van der Waals surface area (Å²) < 4.78 is 28.8. The molecule has 0 aliphatic carbocycles. The molecule has 0 aromatic heterocycles. The zero-order valence-electron chi connectivity index (χ0n) is 22.9. The Morgan fingerprint density at radius 1 is 0.925 bits per heavy atom. The maximum atomic E-state index is 14.1. The van der Waals surface area contributed by atoms with Crippen molar-refractivity contribution in [2.75, 3.05) is 17.4 Å². The largest absolute Gasteiger partial charge is 0.354 e. The summed E-state index contributed by atoms with van der Waals surface area (Å²) in [4.78, 5) is 28.7. The van der Waals surface area contributed by atoms with Crippen molar-refractivity contribution >= 4 is 50.7 Å². The fraction of sp³-hybridized carbons (Fsp3) is 0.333. The molecule has 214 valence electrons. The number of nitrogens with one attached hydrogen (secondary N) is 1. The molecule has 2 amide bonds. The van der Waals surface area contributed by atoms with Gasteiger partial charge in [0.15, 0.2) is 0 Å². The lowest BCUT2D eigenvalue weighted by atomic mass is 10.1. The number of benzene rings is 3. The molecule has 3 aromatic carbocycles. The van der Waals surface area contributed by atoms with E-state index in [1.165, 1.54) is 17.0 Å². The number of sulfonamides is 1. The molecule has 0 saturated heterocycles. The maximum Gasteiger partial charge on any atom is 0.264 e. The molecule has 0 bridgehead atoms. The van der Waals surface area contributed by atoms with Crippen LogP contribution in [0.15, 0.2) is 77.7 Å². The van der Waals surface area contributed by atoms with Crippen molar-refractivity contribution in [3.8, 4) is 0 Å². The molecule has 10 heteroatoms. The van der Waals surface area contributed by atoms with Gasteiger partial charge in [0.2, 0.25) is 11.8 Å². The van der Waals surface area contributed by atoms with Gasteiger partial charge in [-0.3, -0.25) is 13.9 Å². The number of hydrogen-bond acceptors (Lipinski definition) is 4. The van der Waals surface area contributed by atoms with E-state index in [1.807, 2.05) is 32.9 Å². The number of amides is 2. The second kappa shape index (κ2) is 14.5. The van der Waals surface area contributed by atoms with Crippen molar-refractivity contribution in [2.24, 2.45) is 0 Å². The first-order valence-corrected chi connectivity index (χ1v) is 15.5. The molecule has 0 aliphatic heterocycles. The Hall–Kier alpha value is -3.07. The Bertz CT molecular complexity index is 1400. The first kappa shape index (κ1) is 31.5. The predicted molar refractivity (Wildman–Crippen MR) is 161 cm³/mol. The molecule has 3 aromatic rings. The Balaban J connectivity index is 2.06. The number of rotatable bonds is 13. The van der Waals surface area contributed by atoms with Gasteiger partial charge in [-0.1, -0.05) is 80.4 Å². The van der Waals surface area contributed by atoms with Crippen LogP contribution in [0.25, 0.3) is 0 Å². The normalized spacial score (nSPS) is 12.0. The van der Waals surface area contributed by atoms with Gasteiger partial charge in [-0.2, -0.15) is 0 Å². The highest BCUT2D eigenvalue weighted by atomic mass is 35.5. The van der Waals surface area contributed by atoms with E-state index in [2.05, 4.69) is 5.32 Å². The molecular weight excluding hydrogens is 569 g/mol. The van der Waals surface area contributed by atoms with E-state index in [1.54, 1.807) is 48.5 Å². The van der Waals surface area contributed by atoms with Crippen LogP contribution in [-0.4, -0.2) is 44.3 Å². The van der Waals surface area contributed by atoms with Crippen LogP contribution >= 0.6 is 23.2 Å². The quantitative estimate of drug-likeness (QED) is 0.256. The summed E-state index contributed by atoms with van der Waals surface area (Å²) in [6, 6.07) is 19.1. The van der Waals surface area contributed by atoms with Crippen LogP contribution in [0, 0.1) is 0 Å². The van der Waals surface area contributed by atoms with Crippen LogP contribution < -0.4 is 9.62 Å². The third-order valence-electron chi connectivity index (χ3n) is 6.53. The van der Waals surface area contributed by atoms with Crippen molar-refractivity contribution in [2.45, 2.75) is 57.5 Å². The summed E-state index contributed by atoms with van der Waals surface area (Å²) in [6.07, 6.45) is 1.84. The Kier molecular flexibility index (Phi) is 11.4. The Morgan fingerprint density at radius 3 is 2.17 bits per heavy atom. The lowest BCUT2D eigenvalue weighted by Gasteiger charge is -2.33. The molecule has 0 saturated carbocycles. The third-order valence-corrected chi connectivity index (χ3v) is 8.91. The standard InChI is InChI=1S/C30H35Cl2N3O4S/c1-4-18-33-30(37)28(6-3)34(20-23-14-15-24(31)19-27(23)32)29(36)21-35(25-16-12-22(5-2)13-17-25)40(38,39)26-10-8-7-9-11-26/h7-17,19,28H,4-6,18,20-21H2,1-3H3,(H,33,37). The molecule has 0 spiro atoms. The lowest BCUT2D eigenvalue weighted by molar-refractivity contribution is -0.140. The molecule has 0 heterocycles. The molecule has 1 N–H and O–H groups in total. The molecule has 7 nitrogen and oxygen atoms in total. The number of anilines is 1. The van der Waals surface area contributed by atoms with E-state index < -0.39 is 28.5 Å². The Morgan fingerprint density at radius 2 is 1.60 bits per heavy atom. The summed E-state index contributed by atoms with van der Waals surface area (Å²) >= 11 is 12.5. The van der Waals surface area contributed by atoms with Gasteiger partial charge in [0.1, 0.15) is 12.6 Å². The first-order valence-electron chi connectivity index (χ1n) is 13.3. The van der Waals surface area contributed by atoms with E-state index in [0.29, 0.717) is 34.3 Å². The van der Waals surface area contributed by atoms with Crippen molar-refractivity contribution in [3.63, 3.8) is 0 Å². The van der Waals surface area contributed by atoms with Crippen LogP contribution in [0.1, 0.15) is 44.7 Å². The van der Waals surface area contributed by atoms with Crippen LogP contribution in [-0.2, 0) is 32.6 Å². The number of carbonyl (C=O) groups excluding carboxylic acids is 2. The van der Waals surface area contributed by atoms with Gasteiger partial charge in [0.05, 0.1) is 10.6 Å². The molecule has 1 atom stereocenters. The van der Waals surface area contributed by atoms with E-state index in [4.69, 9.17) is 23.2 Å². The van der Waals surface area contributed by atoms with E-state index in [0.717, 1.165) is 22.7 Å². The molecular formula is C30H35Cl2N3O4S. The molecule has 40 heavy (non-hydrogen) atoms. The highest BCUT2D eigenvalue weighted by molar-refractivity contribution is 7.92. The van der Waals surface area contributed by atoms with Crippen LogP contribution in [0.4, 0.5) is 5.69 Å². The first-order chi connectivity index (χ1) is 19.1. The highest BCUT2D eigenvalue weighted by Gasteiger charge is 2.33. The highest BCUT2D eigenvalue weighted by Crippen LogP contribution is 2.27. The van der Waals surface area contributed by atoms with Crippen LogP contribution in [0.3, 0.4) is 0 Å². The minimum Gasteiger partial charge on any atom is -0.354 e. The van der Waals surface area contributed by atoms with Crippen LogP contribution in [0.2, 0.25) is 10.0 Å². The zero-order valence-corrected chi connectivity index (χ0v) is 25.3. The van der Waals surface area contributed by atoms with Gasteiger partial charge in [-0.25, -0.2) is 8.42 Å². The second-order valence-corrected chi connectivity index (χ2v) is 12.0. The topological polar surface area (TPSA) is 86.8 Å². The average molecular weight is 605 g/mol. The van der Waals surface area contributed by atoms with E-state index in [-0.39, 0.29) is 17.3 Å². The van der Waals surface area contributed by atoms with Crippen molar-refractivity contribution < 1.29 is 18.0 Å². The van der Waals surface area contributed by atoms with Crippen molar-refractivity contribution in [1.29, 1.82) is 0 Å². The minimum atomic E-state index is -4.11. The van der Waals surface area contributed by atoms with Crippen molar-refractivity contribution in [1.82, 2.24) is 10.2 Å². The SMILES string of the molecule is CCCNC(=O)C(CC)N(Cc1ccc(Cl)cc1Cl)C(=O)CN(c1ccc(CC)cc1)S(=O)(=O)c1ccccc1. The molecule has 3 rings (SSSR count). The number of carbonyl (C=O) groups is 2. The van der Waals surface area contributed by atoms with Gasteiger partial charge in [-0.15, -0.1) is 0 Å². The molecule has 0 aliphatic rings. The average Bonchev–Trinajstić information content (AvgIpc) is 2.96. The maximum absolute atomic E-state index is 14.1. The van der Waals surface area contributed by atoms with E-state index >= 15 is 0 Å². The second-order valence-electron chi connectivity index (χ2n) is 9.32. The fourth-order valence-corrected chi connectivity index (χ4v) is 6.17. The van der Waals surface area contributed by atoms with Gasteiger partial charge >= 0.3 is 0 Å². The number of nitrogens with zero attached hydrogens (tertiary/aromatic N) is 2. The van der Waals surface area contributed by atoms with Crippen LogP contribution in [0.5, 0.6) is 0 Å². The predicted octanol–water partition coefficient (Wildman–Crippen LogP) is 6.08. The molecule has 0 radical (unpaired) electrons. The van der Waals surface area contributed by atoms with Gasteiger partial charge < -0.3 is 10.2 Å². The van der Waals surface area contributed by atoms with Crippen molar-refractivity contribution in [3.05, 3.63) is 94.0 Å². The summed E-state index contributed by atoms with van der Waals surface area (Å²) in [5, 5.41) is 3.65. The third kappa shape index (κ3) is 7.77. The smallest absolute Gasteiger partial charge is 0.264 e. The van der Waals surface area contributed by atoms with Gasteiger partial charge in [0, 0.05) is 23.1 Å².